The Bertz CT molecular complexity index is 537. The van der Waals surface area contributed by atoms with Gasteiger partial charge < -0.3 is 14.6 Å². The molecule has 3 N–H and O–H groups in total. The second kappa shape index (κ2) is 5.13. The summed E-state index contributed by atoms with van der Waals surface area (Å²) in [4.78, 5) is 8.75. The van der Waals surface area contributed by atoms with Gasteiger partial charge >= 0.3 is 0 Å². The summed E-state index contributed by atoms with van der Waals surface area (Å²) in [6.07, 6.45) is 8.08. The average Bonchev–Trinajstić information content (AvgIpc) is 3.06. The zero-order chi connectivity index (χ0) is 12.4. The van der Waals surface area contributed by atoms with Gasteiger partial charge in [0.15, 0.2) is 11.5 Å². The van der Waals surface area contributed by atoms with E-state index in [-0.39, 0.29) is 0 Å². The van der Waals surface area contributed by atoms with Crippen LogP contribution < -0.4 is 11.3 Å². The van der Waals surface area contributed by atoms with E-state index in [1.54, 1.807) is 18.0 Å². The molecule has 0 aliphatic carbocycles. The highest BCUT2D eigenvalue weighted by molar-refractivity contribution is 7.99. The molecule has 1 fully saturated rings. The second-order valence-electron chi connectivity index (χ2n) is 4.18. The predicted molar refractivity (Wildman–Crippen MR) is 70.5 cm³/mol. The third-order valence-electron chi connectivity index (χ3n) is 2.92. The number of nitrogens with one attached hydrogen (secondary N) is 1. The first-order chi connectivity index (χ1) is 8.86. The van der Waals surface area contributed by atoms with Crippen LogP contribution in [0.4, 0.5) is 5.82 Å². The molecule has 18 heavy (non-hydrogen) atoms. The Morgan fingerprint density at radius 2 is 2.56 bits per heavy atom. The minimum atomic E-state index is 0.335. The molecule has 1 aliphatic rings. The van der Waals surface area contributed by atoms with E-state index in [9.17, 15) is 0 Å². The summed E-state index contributed by atoms with van der Waals surface area (Å²) < 4.78 is 7.53. The molecule has 6 nitrogen and oxygen atoms in total. The topological polar surface area (TPSA) is 77.5 Å². The molecule has 1 saturated heterocycles. The fourth-order valence-electron chi connectivity index (χ4n) is 2.02. The minimum Gasteiger partial charge on any atom is -0.377 e. The van der Waals surface area contributed by atoms with E-state index >= 15 is 0 Å². The first-order valence-electron chi connectivity index (χ1n) is 5.91. The lowest BCUT2D eigenvalue weighted by atomic mass is 10.3. The SMILES string of the molecule is NNc1cn2ccnc2c(SCC2CCCO2)n1. The second-order valence-corrected chi connectivity index (χ2v) is 5.19. The molecular formula is C11H15N5OS. The highest BCUT2D eigenvalue weighted by Crippen LogP contribution is 2.26. The Balaban J connectivity index is 1.82. The van der Waals surface area contributed by atoms with E-state index in [0.717, 1.165) is 35.9 Å². The molecule has 2 aromatic heterocycles. The van der Waals surface area contributed by atoms with Crippen LogP contribution in [0.25, 0.3) is 5.65 Å². The number of hydrazine groups is 1. The third kappa shape index (κ3) is 2.29. The normalized spacial score (nSPS) is 19.5. The van der Waals surface area contributed by atoms with Gasteiger partial charge in [0.25, 0.3) is 0 Å². The molecule has 0 amide bonds. The average molecular weight is 265 g/mol. The number of anilines is 1. The monoisotopic (exact) mass is 265 g/mol. The molecule has 0 saturated carbocycles. The Morgan fingerprint density at radius 1 is 1.61 bits per heavy atom. The van der Waals surface area contributed by atoms with Crippen LogP contribution in [0.2, 0.25) is 0 Å². The minimum absolute atomic E-state index is 0.335. The van der Waals surface area contributed by atoms with Crippen LogP contribution in [-0.2, 0) is 4.74 Å². The molecule has 1 unspecified atom stereocenters. The van der Waals surface area contributed by atoms with Crippen LogP contribution in [0.5, 0.6) is 0 Å². The van der Waals surface area contributed by atoms with Gasteiger partial charge in [0.2, 0.25) is 0 Å². The molecule has 7 heteroatoms. The van der Waals surface area contributed by atoms with Crippen LogP contribution in [0, 0.1) is 0 Å². The fraction of sp³-hybridized carbons (Fsp3) is 0.455. The number of fused-ring (bicyclic) bond motifs is 1. The maximum absolute atomic E-state index is 5.61. The van der Waals surface area contributed by atoms with Crippen molar-refractivity contribution in [1.82, 2.24) is 14.4 Å². The number of rotatable bonds is 4. The maximum Gasteiger partial charge on any atom is 0.169 e. The summed E-state index contributed by atoms with van der Waals surface area (Å²) >= 11 is 1.67. The highest BCUT2D eigenvalue weighted by atomic mass is 32.2. The van der Waals surface area contributed by atoms with Gasteiger partial charge in [-0.3, -0.25) is 0 Å². The van der Waals surface area contributed by atoms with Crippen LogP contribution in [0.1, 0.15) is 12.8 Å². The molecular weight excluding hydrogens is 250 g/mol. The lowest BCUT2D eigenvalue weighted by Gasteiger charge is -2.10. The van der Waals surface area contributed by atoms with Crippen LogP contribution >= 0.6 is 11.8 Å². The summed E-state index contributed by atoms with van der Waals surface area (Å²) in [5.41, 5.74) is 3.43. The van der Waals surface area contributed by atoms with Crippen LogP contribution in [-0.4, -0.2) is 32.8 Å². The quantitative estimate of drug-likeness (QED) is 0.493. The van der Waals surface area contributed by atoms with Crippen LogP contribution in [0.3, 0.4) is 0 Å². The number of hydrogen-bond donors (Lipinski definition) is 2. The van der Waals surface area contributed by atoms with Crippen molar-refractivity contribution in [1.29, 1.82) is 0 Å². The molecule has 0 bridgehead atoms. The smallest absolute Gasteiger partial charge is 0.169 e. The number of nitrogen functional groups attached to an aromatic ring is 1. The molecule has 1 atom stereocenters. The summed E-state index contributed by atoms with van der Waals surface area (Å²) in [5.74, 6) is 6.96. The van der Waals surface area contributed by atoms with E-state index in [2.05, 4.69) is 15.4 Å². The zero-order valence-corrected chi connectivity index (χ0v) is 10.7. The Morgan fingerprint density at radius 3 is 3.33 bits per heavy atom. The summed E-state index contributed by atoms with van der Waals surface area (Å²) in [6, 6.07) is 0. The van der Waals surface area contributed by atoms with Gasteiger partial charge in [-0.15, -0.1) is 0 Å². The van der Waals surface area contributed by atoms with Crippen molar-refractivity contribution in [2.45, 2.75) is 24.0 Å². The van der Waals surface area contributed by atoms with Gasteiger partial charge in [-0.2, -0.15) is 0 Å². The van der Waals surface area contributed by atoms with Crippen molar-refractivity contribution in [3.8, 4) is 0 Å². The number of hydrogen-bond acceptors (Lipinski definition) is 6. The number of ether oxygens (including phenoxy) is 1. The van der Waals surface area contributed by atoms with Gasteiger partial charge in [-0.05, 0) is 12.8 Å². The van der Waals surface area contributed by atoms with E-state index < -0.39 is 0 Å². The first kappa shape index (κ1) is 11.8. The highest BCUT2D eigenvalue weighted by Gasteiger charge is 2.17. The number of imidazole rings is 1. The van der Waals surface area contributed by atoms with Gasteiger partial charge in [0, 0.05) is 24.8 Å². The van der Waals surface area contributed by atoms with Crippen molar-refractivity contribution in [2.24, 2.45) is 5.84 Å². The van der Waals surface area contributed by atoms with Gasteiger partial charge in [0.1, 0.15) is 5.03 Å². The standard InChI is InChI=1S/C11H15N5OS/c12-15-9-6-16-4-3-13-10(16)11(14-9)18-7-8-2-1-5-17-8/h3-4,6,8,15H,1-2,5,7,12H2. The third-order valence-corrected chi connectivity index (χ3v) is 4.01. The number of aromatic nitrogens is 3. The Hall–Kier alpha value is -1.31. The molecule has 96 valence electrons. The van der Waals surface area contributed by atoms with Gasteiger partial charge in [-0.25, -0.2) is 15.8 Å². The van der Waals surface area contributed by atoms with Crippen molar-refractivity contribution < 1.29 is 4.74 Å². The fourth-order valence-corrected chi connectivity index (χ4v) is 3.07. The molecule has 2 aromatic rings. The van der Waals surface area contributed by atoms with Gasteiger partial charge in [0.05, 0.1) is 12.3 Å². The number of thioether (sulfide) groups is 1. The molecule has 3 rings (SSSR count). The van der Waals surface area contributed by atoms with Crippen molar-refractivity contribution in [3.05, 3.63) is 18.6 Å². The van der Waals surface area contributed by atoms with Crippen molar-refractivity contribution >= 4 is 23.2 Å². The molecule has 3 heterocycles. The molecule has 0 aromatic carbocycles. The Labute approximate surface area is 109 Å². The summed E-state index contributed by atoms with van der Waals surface area (Å²) in [5, 5.41) is 0.881. The van der Waals surface area contributed by atoms with E-state index in [4.69, 9.17) is 10.6 Å². The predicted octanol–water partition coefficient (Wildman–Crippen LogP) is 1.29. The van der Waals surface area contributed by atoms with Crippen molar-refractivity contribution in [3.63, 3.8) is 0 Å². The Kier molecular flexibility index (Phi) is 3.35. The lowest BCUT2D eigenvalue weighted by molar-refractivity contribution is 0.129. The number of nitrogens with zero attached hydrogens (tertiary/aromatic N) is 3. The molecule has 0 radical (unpaired) electrons. The van der Waals surface area contributed by atoms with Crippen LogP contribution in [0.15, 0.2) is 23.6 Å². The van der Waals surface area contributed by atoms with E-state index in [1.165, 1.54) is 0 Å². The maximum atomic E-state index is 5.61. The molecule has 1 aliphatic heterocycles. The van der Waals surface area contributed by atoms with E-state index in [1.807, 2.05) is 16.8 Å². The number of nitrogens with two attached hydrogens (primary N) is 1. The molecule has 0 spiro atoms. The summed E-state index contributed by atoms with van der Waals surface area (Å²) in [7, 11) is 0. The van der Waals surface area contributed by atoms with E-state index in [0.29, 0.717) is 11.9 Å². The first-order valence-corrected chi connectivity index (χ1v) is 6.90. The van der Waals surface area contributed by atoms with Gasteiger partial charge in [-0.1, -0.05) is 11.8 Å². The van der Waals surface area contributed by atoms with Crippen molar-refractivity contribution in [2.75, 3.05) is 17.8 Å². The summed E-state index contributed by atoms with van der Waals surface area (Å²) in [6.45, 7) is 0.877. The largest absolute Gasteiger partial charge is 0.377 e. The lowest BCUT2D eigenvalue weighted by Crippen LogP contribution is -2.11. The zero-order valence-electron chi connectivity index (χ0n) is 9.87.